The van der Waals surface area contributed by atoms with E-state index in [9.17, 15) is 4.79 Å². The summed E-state index contributed by atoms with van der Waals surface area (Å²) in [5.41, 5.74) is 6.62. The van der Waals surface area contributed by atoms with Crippen LogP contribution in [0.3, 0.4) is 0 Å². The Morgan fingerprint density at radius 2 is 1.95 bits per heavy atom. The molecule has 7 nitrogen and oxygen atoms in total. The number of fused-ring (bicyclic) bond motifs is 1. The summed E-state index contributed by atoms with van der Waals surface area (Å²) in [6, 6.07) is 11.9. The fraction of sp³-hybridized carbons (Fsp3) is 0.0714. The minimum absolute atomic E-state index is 0.173. The number of rotatable bonds is 3. The number of ether oxygens (including phenoxy) is 2. The average Bonchev–Trinajstić information content (AvgIpc) is 2.88. The predicted molar refractivity (Wildman–Crippen MR) is 75.3 cm³/mol. The molecule has 0 atom stereocenters. The molecule has 3 aromatic rings. The molecule has 2 aromatic heterocycles. The van der Waals surface area contributed by atoms with Crippen LogP contribution in [0.15, 0.2) is 42.5 Å². The van der Waals surface area contributed by atoms with Gasteiger partial charge in [0.2, 0.25) is 11.8 Å². The van der Waals surface area contributed by atoms with Gasteiger partial charge in [0, 0.05) is 6.07 Å². The van der Waals surface area contributed by atoms with Gasteiger partial charge in [0.25, 0.3) is 0 Å². The number of benzene rings is 1. The SMILES string of the molecule is COC(=O)c1ccc(Oc2cccc3nc(N)nn23)cc1. The van der Waals surface area contributed by atoms with Gasteiger partial charge in [-0.1, -0.05) is 6.07 Å². The maximum atomic E-state index is 11.4. The van der Waals surface area contributed by atoms with E-state index in [0.29, 0.717) is 22.8 Å². The van der Waals surface area contributed by atoms with E-state index in [2.05, 4.69) is 14.8 Å². The zero-order chi connectivity index (χ0) is 14.8. The van der Waals surface area contributed by atoms with Crippen LogP contribution in [0.5, 0.6) is 11.6 Å². The summed E-state index contributed by atoms with van der Waals surface area (Å²) in [4.78, 5) is 15.4. The lowest BCUT2D eigenvalue weighted by molar-refractivity contribution is 0.0600. The van der Waals surface area contributed by atoms with Gasteiger partial charge in [0.15, 0.2) is 5.65 Å². The third kappa shape index (κ3) is 2.48. The van der Waals surface area contributed by atoms with Crippen LogP contribution in [-0.4, -0.2) is 27.7 Å². The highest BCUT2D eigenvalue weighted by atomic mass is 16.5. The highest BCUT2D eigenvalue weighted by Gasteiger charge is 2.08. The van der Waals surface area contributed by atoms with Crippen LogP contribution in [0, 0.1) is 0 Å². The van der Waals surface area contributed by atoms with Crippen molar-refractivity contribution in [2.75, 3.05) is 12.8 Å². The summed E-state index contributed by atoms with van der Waals surface area (Å²) in [5, 5.41) is 4.05. The van der Waals surface area contributed by atoms with Gasteiger partial charge < -0.3 is 15.2 Å². The number of nitrogens with two attached hydrogens (primary N) is 1. The smallest absolute Gasteiger partial charge is 0.337 e. The Hall–Kier alpha value is -3.09. The first-order valence-corrected chi connectivity index (χ1v) is 6.15. The highest BCUT2D eigenvalue weighted by molar-refractivity contribution is 5.89. The van der Waals surface area contributed by atoms with Gasteiger partial charge in [0.05, 0.1) is 12.7 Å². The fourth-order valence-corrected chi connectivity index (χ4v) is 1.87. The summed E-state index contributed by atoms with van der Waals surface area (Å²) in [6.45, 7) is 0. The van der Waals surface area contributed by atoms with E-state index in [1.807, 2.05) is 0 Å². The number of anilines is 1. The van der Waals surface area contributed by atoms with E-state index in [4.69, 9.17) is 10.5 Å². The summed E-state index contributed by atoms with van der Waals surface area (Å²) < 4.78 is 11.9. The van der Waals surface area contributed by atoms with E-state index < -0.39 is 5.97 Å². The van der Waals surface area contributed by atoms with Gasteiger partial charge in [-0.3, -0.25) is 0 Å². The van der Waals surface area contributed by atoms with Crippen molar-refractivity contribution in [2.45, 2.75) is 0 Å². The molecule has 1 aromatic carbocycles. The van der Waals surface area contributed by atoms with Gasteiger partial charge in [-0.2, -0.15) is 9.50 Å². The Bertz CT molecular complexity index is 796. The number of carbonyl (C=O) groups is 1. The van der Waals surface area contributed by atoms with Gasteiger partial charge in [0.1, 0.15) is 5.75 Å². The number of methoxy groups -OCH3 is 1. The second kappa shape index (κ2) is 5.12. The first-order chi connectivity index (χ1) is 10.2. The lowest BCUT2D eigenvalue weighted by atomic mass is 10.2. The Morgan fingerprint density at radius 1 is 1.19 bits per heavy atom. The van der Waals surface area contributed by atoms with Crippen molar-refractivity contribution in [1.29, 1.82) is 0 Å². The van der Waals surface area contributed by atoms with Crippen LogP contribution in [0.1, 0.15) is 10.4 Å². The van der Waals surface area contributed by atoms with E-state index >= 15 is 0 Å². The quantitative estimate of drug-likeness (QED) is 0.738. The molecular formula is C14H12N4O3. The van der Waals surface area contributed by atoms with Gasteiger partial charge in [-0.05, 0) is 30.3 Å². The lowest BCUT2D eigenvalue weighted by Gasteiger charge is -2.07. The molecule has 0 saturated carbocycles. The van der Waals surface area contributed by atoms with Crippen molar-refractivity contribution in [3.05, 3.63) is 48.0 Å². The number of pyridine rings is 1. The van der Waals surface area contributed by atoms with E-state index in [-0.39, 0.29) is 5.95 Å². The molecule has 0 amide bonds. The third-order valence-electron chi connectivity index (χ3n) is 2.84. The van der Waals surface area contributed by atoms with E-state index in [1.165, 1.54) is 11.6 Å². The number of aromatic nitrogens is 3. The molecule has 0 fully saturated rings. The number of esters is 1. The summed E-state index contributed by atoms with van der Waals surface area (Å²) in [7, 11) is 1.34. The molecule has 0 radical (unpaired) electrons. The zero-order valence-corrected chi connectivity index (χ0v) is 11.2. The third-order valence-corrected chi connectivity index (χ3v) is 2.84. The molecule has 0 unspecified atom stereocenters. The van der Waals surface area contributed by atoms with Crippen LogP contribution in [0.4, 0.5) is 5.95 Å². The average molecular weight is 284 g/mol. The van der Waals surface area contributed by atoms with Crippen molar-refractivity contribution < 1.29 is 14.3 Å². The maximum Gasteiger partial charge on any atom is 0.337 e. The minimum Gasteiger partial charge on any atom is -0.465 e. The number of hydrogen-bond acceptors (Lipinski definition) is 6. The normalized spacial score (nSPS) is 10.5. The van der Waals surface area contributed by atoms with Gasteiger partial charge >= 0.3 is 5.97 Å². The largest absolute Gasteiger partial charge is 0.465 e. The molecule has 106 valence electrons. The standard InChI is InChI=1S/C14H12N4O3/c1-20-13(19)9-5-7-10(8-6-9)21-12-4-2-3-11-16-14(15)17-18(11)12/h2-8H,1H3,(H2,15,17). The number of carbonyl (C=O) groups excluding carboxylic acids is 1. The Morgan fingerprint density at radius 3 is 2.67 bits per heavy atom. The maximum absolute atomic E-state index is 11.4. The summed E-state index contributed by atoms with van der Waals surface area (Å²) in [6.07, 6.45) is 0. The molecular weight excluding hydrogens is 272 g/mol. The van der Waals surface area contributed by atoms with Crippen LogP contribution in [0.25, 0.3) is 5.65 Å². The first-order valence-electron chi connectivity index (χ1n) is 6.15. The monoisotopic (exact) mass is 284 g/mol. The number of hydrogen-bond donors (Lipinski definition) is 1. The second-order valence-electron chi connectivity index (χ2n) is 4.22. The summed E-state index contributed by atoms with van der Waals surface area (Å²) >= 11 is 0. The van der Waals surface area contributed by atoms with Crippen molar-refractivity contribution in [2.24, 2.45) is 0 Å². The second-order valence-corrected chi connectivity index (χ2v) is 4.22. The number of nitrogen functional groups attached to an aromatic ring is 1. The van der Waals surface area contributed by atoms with Gasteiger partial charge in [-0.15, -0.1) is 5.10 Å². The Balaban J connectivity index is 1.90. The van der Waals surface area contributed by atoms with Crippen LogP contribution in [-0.2, 0) is 4.74 Å². The molecule has 0 aliphatic rings. The Labute approximate surface area is 119 Å². The van der Waals surface area contributed by atoms with E-state index in [1.54, 1.807) is 42.5 Å². The lowest BCUT2D eigenvalue weighted by Crippen LogP contribution is -2.01. The molecule has 0 aliphatic heterocycles. The molecule has 7 heteroatoms. The first kappa shape index (κ1) is 12.9. The van der Waals surface area contributed by atoms with Crippen molar-refractivity contribution in [3.63, 3.8) is 0 Å². The minimum atomic E-state index is -0.396. The molecule has 21 heavy (non-hydrogen) atoms. The molecule has 2 N–H and O–H groups in total. The van der Waals surface area contributed by atoms with Gasteiger partial charge in [-0.25, -0.2) is 4.79 Å². The van der Waals surface area contributed by atoms with E-state index in [0.717, 1.165) is 0 Å². The van der Waals surface area contributed by atoms with Crippen molar-refractivity contribution in [1.82, 2.24) is 14.6 Å². The van der Waals surface area contributed by atoms with Crippen LogP contribution in [0.2, 0.25) is 0 Å². The molecule has 0 bridgehead atoms. The molecule has 0 aliphatic carbocycles. The number of nitrogens with zero attached hydrogens (tertiary/aromatic N) is 3. The molecule has 3 rings (SSSR count). The highest BCUT2D eigenvalue weighted by Crippen LogP contribution is 2.22. The topological polar surface area (TPSA) is 91.7 Å². The van der Waals surface area contributed by atoms with Crippen LogP contribution >= 0.6 is 0 Å². The zero-order valence-electron chi connectivity index (χ0n) is 11.2. The van der Waals surface area contributed by atoms with Crippen molar-refractivity contribution in [3.8, 4) is 11.6 Å². The summed E-state index contributed by atoms with van der Waals surface area (Å²) in [5.74, 6) is 0.812. The fourth-order valence-electron chi connectivity index (χ4n) is 1.87. The Kier molecular flexibility index (Phi) is 3.15. The molecule has 0 saturated heterocycles. The van der Waals surface area contributed by atoms with Crippen LogP contribution < -0.4 is 10.5 Å². The van der Waals surface area contributed by atoms with Crippen molar-refractivity contribution >= 4 is 17.6 Å². The molecule has 2 heterocycles. The predicted octanol–water partition coefficient (Wildman–Crippen LogP) is 1.89. The molecule has 0 spiro atoms.